The molecule has 9 heteroatoms. The van der Waals surface area contributed by atoms with Crippen molar-refractivity contribution >= 4 is 60.1 Å². The minimum atomic E-state index is -3.71. The van der Waals surface area contributed by atoms with E-state index in [2.05, 4.69) is 10.3 Å². The number of hydrogen-bond acceptors (Lipinski definition) is 6. The Morgan fingerprint density at radius 3 is 2.49 bits per heavy atom. The lowest BCUT2D eigenvalue weighted by atomic mass is 10.1. The third kappa shape index (κ3) is 5.16. The van der Waals surface area contributed by atoms with Crippen LogP contribution in [-0.2, 0) is 10.0 Å². The van der Waals surface area contributed by atoms with Crippen LogP contribution in [0.5, 0.6) is 0 Å². The van der Waals surface area contributed by atoms with Gasteiger partial charge < -0.3 is 5.32 Å². The maximum absolute atomic E-state index is 13.3. The Balaban J connectivity index is 1.40. The summed E-state index contributed by atoms with van der Waals surface area (Å²) in [5.41, 5.74) is 4.07. The molecule has 0 fully saturated rings. The van der Waals surface area contributed by atoms with E-state index in [0.29, 0.717) is 16.3 Å². The fraction of sp³-hybridized carbons (Fsp3) is 0.143. The molecule has 0 saturated carbocycles. The zero-order valence-electron chi connectivity index (χ0n) is 20.6. The van der Waals surface area contributed by atoms with Crippen molar-refractivity contribution in [3.05, 3.63) is 93.6 Å². The van der Waals surface area contributed by atoms with E-state index >= 15 is 0 Å². The van der Waals surface area contributed by atoms with Crippen molar-refractivity contribution in [1.82, 2.24) is 4.98 Å². The number of hydrogen-bond donors (Lipinski definition) is 1. The van der Waals surface area contributed by atoms with Gasteiger partial charge in [-0.1, -0.05) is 29.8 Å². The van der Waals surface area contributed by atoms with Gasteiger partial charge in [0.1, 0.15) is 0 Å². The van der Waals surface area contributed by atoms with Crippen LogP contribution in [-0.4, -0.2) is 25.9 Å². The van der Waals surface area contributed by atoms with Crippen LogP contribution < -0.4 is 9.62 Å². The van der Waals surface area contributed by atoms with Crippen LogP contribution in [0.4, 0.5) is 11.4 Å². The Bertz CT molecular complexity index is 1700. The van der Waals surface area contributed by atoms with Crippen LogP contribution in [0.1, 0.15) is 27.2 Å². The lowest BCUT2D eigenvalue weighted by Gasteiger charge is -2.23. The van der Waals surface area contributed by atoms with E-state index in [1.807, 2.05) is 62.5 Å². The first-order valence-electron chi connectivity index (χ1n) is 11.7. The number of aryl methyl sites for hydroxylation is 2. The van der Waals surface area contributed by atoms with E-state index in [4.69, 9.17) is 0 Å². The molecule has 0 radical (unpaired) electrons. The topological polar surface area (TPSA) is 79.4 Å². The highest BCUT2D eigenvalue weighted by atomic mass is 32.2. The van der Waals surface area contributed by atoms with E-state index in [0.717, 1.165) is 31.9 Å². The first-order chi connectivity index (χ1) is 17.7. The van der Waals surface area contributed by atoms with E-state index in [1.165, 1.54) is 15.6 Å². The molecule has 1 N–H and O–H groups in total. The number of nitrogens with zero attached hydrogens (tertiary/aromatic N) is 2. The molecule has 0 aliphatic heterocycles. The normalized spacial score (nSPS) is 11.5. The van der Waals surface area contributed by atoms with Crippen molar-refractivity contribution in [1.29, 1.82) is 0 Å². The molecular weight excluding hydrogens is 523 g/mol. The monoisotopic (exact) mass is 547 g/mol. The van der Waals surface area contributed by atoms with Crippen LogP contribution in [0.15, 0.2) is 83.1 Å². The molecule has 5 rings (SSSR count). The number of rotatable bonds is 7. The molecule has 37 heavy (non-hydrogen) atoms. The number of carbonyl (C=O) groups excluding carboxylic acids is 1. The van der Waals surface area contributed by atoms with E-state index in [9.17, 15) is 13.2 Å². The van der Waals surface area contributed by atoms with Gasteiger partial charge in [0, 0.05) is 27.9 Å². The van der Waals surface area contributed by atoms with Crippen LogP contribution >= 0.6 is 22.7 Å². The van der Waals surface area contributed by atoms with Crippen molar-refractivity contribution in [2.75, 3.05) is 16.2 Å². The van der Waals surface area contributed by atoms with Gasteiger partial charge in [0.05, 0.1) is 26.2 Å². The Hall–Kier alpha value is -3.53. The minimum absolute atomic E-state index is 0.214. The predicted molar refractivity (Wildman–Crippen MR) is 153 cm³/mol. The molecule has 0 saturated heterocycles. The SMILES string of the molecule is CCN(c1ccc2sc(C(=O)Nc3cccc(-c4csc(C)n4)c3)cc2c1)S(=O)(=O)c1ccc(C)cc1. The summed E-state index contributed by atoms with van der Waals surface area (Å²) in [5, 5.41) is 6.78. The molecule has 2 heterocycles. The number of aromatic nitrogens is 1. The molecule has 0 spiro atoms. The standard InChI is InChI=1S/C28H25N3O3S3/c1-4-31(37(33,34)24-11-8-18(2)9-12-24)23-10-13-26-21(15-23)16-27(36-26)28(32)30-22-7-5-6-20(14-22)25-17-35-19(3)29-25/h5-17H,4H2,1-3H3,(H,30,32). The fourth-order valence-corrected chi connectivity index (χ4v) is 7.10. The summed E-state index contributed by atoms with van der Waals surface area (Å²) in [5.74, 6) is -0.214. The number of sulfonamides is 1. The van der Waals surface area contributed by atoms with Gasteiger partial charge in [0.2, 0.25) is 0 Å². The number of carbonyl (C=O) groups is 1. The largest absolute Gasteiger partial charge is 0.321 e. The number of amides is 1. The van der Waals surface area contributed by atoms with Crippen LogP contribution in [0.2, 0.25) is 0 Å². The molecule has 0 bridgehead atoms. The number of nitrogens with one attached hydrogen (secondary N) is 1. The summed E-state index contributed by atoms with van der Waals surface area (Å²) in [6.07, 6.45) is 0. The lowest BCUT2D eigenvalue weighted by molar-refractivity contribution is 0.103. The Morgan fingerprint density at radius 1 is 1.00 bits per heavy atom. The first-order valence-corrected chi connectivity index (χ1v) is 14.8. The highest BCUT2D eigenvalue weighted by molar-refractivity contribution is 7.92. The van der Waals surface area contributed by atoms with Gasteiger partial charge in [-0.05, 0) is 74.7 Å². The second-order valence-corrected chi connectivity index (χ2v) is 12.6. The smallest absolute Gasteiger partial charge is 0.265 e. The zero-order chi connectivity index (χ0) is 26.2. The zero-order valence-corrected chi connectivity index (χ0v) is 23.0. The molecule has 3 aromatic carbocycles. The number of fused-ring (bicyclic) bond motifs is 1. The van der Waals surface area contributed by atoms with E-state index in [-0.39, 0.29) is 17.3 Å². The van der Waals surface area contributed by atoms with Crippen molar-refractivity contribution in [2.24, 2.45) is 0 Å². The molecule has 5 aromatic rings. The van der Waals surface area contributed by atoms with Gasteiger partial charge in [-0.25, -0.2) is 13.4 Å². The van der Waals surface area contributed by atoms with Crippen molar-refractivity contribution < 1.29 is 13.2 Å². The summed E-state index contributed by atoms with van der Waals surface area (Å²) >= 11 is 2.96. The summed E-state index contributed by atoms with van der Waals surface area (Å²) in [6, 6.07) is 21.7. The highest BCUT2D eigenvalue weighted by Crippen LogP contribution is 2.32. The Morgan fingerprint density at radius 2 is 1.78 bits per heavy atom. The first kappa shape index (κ1) is 25.1. The number of thiazole rings is 1. The average molecular weight is 548 g/mol. The maximum atomic E-state index is 13.3. The van der Waals surface area contributed by atoms with E-state index in [1.54, 1.807) is 47.7 Å². The molecule has 2 aromatic heterocycles. The third-order valence-corrected chi connectivity index (χ3v) is 9.75. The molecule has 0 unspecified atom stereocenters. The molecule has 0 aliphatic rings. The van der Waals surface area contributed by atoms with Crippen LogP contribution in [0, 0.1) is 13.8 Å². The lowest BCUT2D eigenvalue weighted by Crippen LogP contribution is -2.30. The fourth-order valence-electron chi connectivity index (χ4n) is 4.07. The van der Waals surface area contributed by atoms with Gasteiger partial charge in [-0.3, -0.25) is 9.10 Å². The van der Waals surface area contributed by atoms with Crippen LogP contribution in [0.25, 0.3) is 21.3 Å². The number of benzene rings is 3. The van der Waals surface area contributed by atoms with E-state index < -0.39 is 10.0 Å². The van der Waals surface area contributed by atoms with Crippen LogP contribution in [0.3, 0.4) is 0 Å². The molecule has 1 amide bonds. The number of thiophene rings is 1. The summed E-state index contributed by atoms with van der Waals surface area (Å²) in [6.45, 7) is 5.98. The number of anilines is 2. The molecule has 6 nitrogen and oxygen atoms in total. The van der Waals surface area contributed by atoms with Gasteiger partial charge in [-0.15, -0.1) is 22.7 Å². The summed E-state index contributed by atoms with van der Waals surface area (Å²) < 4.78 is 28.9. The van der Waals surface area contributed by atoms with Gasteiger partial charge in [-0.2, -0.15) is 0 Å². The molecule has 0 atom stereocenters. The quantitative estimate of drug-likeness (QED) is 0.235. The average Bonchev–Trinajstić information content (AvgIpc) is 3.51. The Kier molecular flexibility index (Phi) is 6.85. The van der Waals surface area contributed by atoms with Gasteiger partial charge >= 0.3 is 0 Å². The molecular formula is C28H25N3O3S3. The minimum Gasteiger partial charge on any atom is -0.321 e. The predicted octanol–water partition coefficient (Wildman–Crippen LogP) is 7.11. The second kappa shape index (κ2) is 10.1. The van der Waals surface area contributed by atoms with Crippen molar-refractivity contribution in [3.63, 3.8) is 0 Å². The van der Waals surface area contributed by atoms with Gasteiger partial charge in [0.25, 0.3) is 15.9 Å². The summed E-state index contributed by atoms with van der Waals surface area (Å²) in [7, 11) is -3.71. The molecule has 0 aliphatic carbocycles. The van der Waals surface area contributed by atoms with Crippen molar-refractivity contribution in [3.8, 4) is 11.3 Å². The third-order valence-electron chi connectivity index (χ3n) is 5.94. The maximum Gasteiger partial charge on any atom is 0.265 e. The Labute approximate surface area is 224 Å². The van der Waals surface area contributed by atoms with Crippen molar-refractivity contribution in [2.45, 2.75) is 25.7 Å². The highest BCUT2D eigenvalue weighted by Gasteiger charge is 2.24. The van der Waals surface area contributed by atoms with Gasteiger partial charge in [0.15, 0.2) is 0 Å². The summed E-state index contributed by atoms with van der Waals surface area (Å²) in [4.78, 5) is 18.4. The second-order valence-electron chi connectivity index (χ2n) is 8.60. The molecule has 188 valence electrons.